The van der Waals surface area contributed by atoms with Crippen LogP contribution in [0.15, 0.2) is 17.2 Å². The molecule has 0 saturated carbocycles. The van der Waals surface area contributed by atoms with Crippen LogP contribution in [0.25, 0.3) is 0 Å². The highest BCUT2D eigenvalue weighted by atomic mass is 32.2. The van der Waals surface area contributed by atoms with E-state index in [1.54, 1.807) is 12.3 Å². The number of H-pyrrole nitrogens is 1. The first kappa shape index (κ1) is 16.5. The number of rotatable bonds is 7. The van der Waals surface area contributed by atoms with E-state index in [1.807, 2.05) is 13.8 Å². The van der Waals surface area contributed by atoms with E-state index >= 15 is 0 Å². The van der Waals surface area contributed by atoms with Crippen LogP contribution in [0, 0.1) is 0 Å². The molecule has 21 heavy (non-hydrogen) atoms. The molecule has 1 unspecified atom stereocenters. The van der Waals surface area contributed by atoms with Crippen molar-refractivity contribution in [3.8, 4) is 0 Å². The molecule has 1 aliphatic heterocycles. The molecule has 2 rings (SSSR count). The quantitative estimate of drug-likeness (QED) is 0.796. The van der Waals surface area contributed by atoms with Gasteiger partial charge in [0.05, 0.1) is 11.0 Å². The molecule has 0 radical (unpaired) electrons. The fourth-order valence-corrected chi connectivity index (χ4v) is 4.10. The minimum Gasteiger partial charge on any atom is -0.377 e. The number of ether oxygens (including phenoxy) is 1. The lowest BCUT2D eigenvalue weighted by molar-refractivity contribution is 0.0265. The Bertz CT molecular complexity index is 539. The molecule has 0 spiro atoms. The predicted molar refractivity (Wildman–Crippen MR) is 81.6 cm³/mol. The minimum atomic E-state index is -3.42. The van der Waals surface area contributed by atoms with Crippen LogP contribution in [0.4, 0.5) is 0 Å². The third-order valence-electron chi connectivity index (χ3n) is 3.66. The first-order valence-electron chi connectivity index (χ1n) is 7.57. The van der Waals surface area contributed by atoms with Gasteiger partial charge in [-0.05, 0) is 32.4 Å². The van der Waals surface area contributed by atoms with Crippen molar-refractivity contribution in [1.82, 2.24) is 14.6 Å². The molecule has 1 fully saturated rings. The summed E-state index contributed by atoms with van der Waals surface area (Å²) in [6.45, 7) is 7.09. The molecule has 0 bridgehead atoms. The monoisotopic (exact) mass is 315 g/mol. The van der Waals surface area contributed by atoms with Gasteiger partial charge in [0.1, 0.15) is 0 Å². The van der Waals surface area contributed by atoms with Crippen LogP contribution in [0.2, 0.25) is 0 Å². The van der Waals surface area contributed by atoms with E-state index in [4.69, 9.17) is 4.74 Å². The number of hydrogen-bond acceptors (Lipinski definition) is 4. The van der Waals surface area contributed by atoms with Gasteiger partial charge in [0.25, 0.3) is 0 Å². The summed E-state index contributed by atoms with van der Waals surface area (Å²) < 4.78 is 32.4. The second-order valence-corrected chi connectivity index (χ2v) is 7.16. The van der Waals surface area contributed by atoms with E-state index in [0.29, 0.717) is 31.1 Å². The Kier molecular flexibility index (Phi) is 5.80. The van der Waals surface area contributed by atoms with Crippen molar-refractivity contribution < 1.29 is 13.2 Å². The van der Waals surface area contributed by atoms with Crippen LogP contribution in [-0.4, -0.2) is 50.1 Å². The second-order valence-electron chi connectivity index (χ2n) is 5.22. The summed E-state index contributed by atoms with van der Waals surface area (Å²) in [5.41, 5.74) is 0.883. The van der Waals surface area contributed by atoms with Gasteiger partial charge in [-0.2, -0.15) is 4.31 Å². The number of nitrogens with one attached hydrogen (secondary N) is 2. The van der Waals surface area contributed by atoms with Crippen molar-refractivity contribution >= 4 is 10.0 Å². The molecular formula is C14H25N3O3S. The van der Waals surface area contributed by atoms with E-state index in [1.165, 1.54) is 4.31 Å². The van der Waals surface area contributed by atoms with Gasteiger partial charge in [-0.3, -0.25) is 0 Å². The summed E-state index contributed by atoms with van der Waals surface area (Å²) in [4.78, 5) is 3.36. The molecule has 2 heterocycles. The van der Waals surface area contributed by atoms with Gasteiger partial charge in [0.2, 0.25) is 10.0 Å². The van der Waals surface area contributed by atoms with Gasteiger partial charge in [-0.25, -0.2) is 8.42 Å². The Labute approximate surface area is 126 Å². The van der Waals surface area contributed by atoms with E-state index < -0.39 is 10.0 Å². The highest BCUT2D eigenvalue weighted by Gasteiger charge is 2.31. The van der Waals surface area contributed by atoms with Crippen molar-refractivity contribution in [2.75, 3.05) is 26.2 Å². The molecule has 0 aliphatic carbocycles. The molecule has 7 heteroatoms. The number of hydrogen-bond donors (Lipinski definition) is 2. The summed E-state index contributed by atoms with van der Waals surface area (Å²) in [6.07, 6.45) is 3.36. The molecule has 0 amide bonds. The third-order valence-corrected chi connectivity index (χ3v) is 5.51. The Balaban J connectivity index is 2.08. The van der Waals surface area contributed by atoms with Gasteiger partial charge in [-0.15, -0.1) is 0 Å². The van der Waals surface area contributed by atoms with Gasteiger partial charge in [0, 0.05) is 38.1 Å². The Morgan fingerprint density at radius 3 is 3.00 bits per heavy atom. The lowest BCUT2D eigenvalue weighted by Gasteiger charge is -2.31. The van der Waals surface area contributed by atoms with Crippen LogP contribution < -0.4 is 5.32 Å². The Hall–Kier alpha value is -0.890. The van der Waals surface area contributed by atoms with Gasteiger partial charge in [0.15, 0.2) is 0 Å². The highest BCUT2D eigenvalue weighted by molar-refractivity contribution is 7.89. The SMILES string of the molecule is CCNCc1cc(S(=O)(=O)N2CCCC(OCC)C2)c[nH]1. The van der Waals surface area contributed by atoms with Gasteiger partial charge >= 0.3 is 0 Å². The zero-order valence-corrected chi connectivity index (χ0v) is 13.6. The summed E-state index contributed by atoms with van der Waals surface area (Å²) in [7, 11) is -3.42. The standard InChI is InChI=1S/C14H25N3O3S/c1-3-15-9-12-8-14(10-16-12)21(18,19)17-7-5-6-13(11-17)20-4-2/h8,10,13,15-16H,3-7,9,11H2,1-2H3. The molecule has 1 aromatic heterocycles. The van der Waals surface area contributed by atoms with Crippen molar-refractivity contribution in [2.45, 2.75) is 44.2 Å². The Morgan fingerprint density at radius 2 is 2.29 bits per heavy atom. The maximum Gasteiger partial charge on any atom is 0.244 e. The highest BCUT2D eigenvalue weighted by Crippen LogP contribution is 2.22. The van der Waals surface area contributed by atoms with E-state index in [2.05, 4.69) is 10.3 Å². The molecular weight excluding hydrogens is 290 g/mol. The number of aromatic nitrogens is 1. The van der Waals surface area contributed by atoms with Crippen LogP contribution in [0.1, 0.15) is 32.4 Å². The van der Waals surface area contributed by atoms with Gasteiger partial charge in [-0.1, -0.05) is 6.92 Å². The fraction of sp³-hybridized carbons (Fsp3) is 0.714. The van der Waals surface area contributed by atoms with E-state index in [-0.39, 0.29) is 6.10 Å². The molecule has 1 saturated heterocycles. The average Bonchev–Trinajstić information content (AvgIpc) is 2.95. The zero-order valence-electron chi connectivity index (χ0n) is 12.8. The number of sulfonamides is 1. The molecule has 120 valence electrons. The molecule has 2 N–H and O–H groups in total. The van der Waals surface area contributed by atoms with Crippen LogP contribution >= 0.6 is 0 Å². The summed E-state index contributed by atoms with van der Waals surface area (Å²) in [5.74, 6) is 0. The lowest BCUT2D eigenvalue weighted by Crippen LogP contribution is -2.43. The number of nitrogens with zero attached hydrogens (tertiary/aromatic N) is 1. The predicted octanol–water partition coefficient (Wildman–Crippen LogP) is 1.31. The summed E-state index contributed by atoms with van der Waals surface area (Å²) in [6, 6.07) is 1.71. The van der Waals surface area contributed by atoms with Crippen molar-refractivity contribution in [1.29, 1.82) is 0 Å². The maximum absolute atomic E-state index is 12.7. The Morgan fingerprint density at radius 1 is 1.48 bits per heavy atom. The molecule has 1 aliphatic rings. The maximum atomic E-state index is 12.7. The topological polar surface area (TPSA) is 74.4 Å². The first-order chi connectivity index (χ1) is 10.1. The summed E-state index contributed by atoms with van der Waals surface area (Å²) >= 11 is 0. The largest absolute Gasteiger partial charge is 0.377 e. The average molecular weight is 315 g/mol. The normalized spacial score (nSPS) is 20.8. The molecule has 6 nitrogen and oxygen atoms in total. The number of aromatic amines is 1. The van der Waals surface area contributed by atoms with E-state index in [9.17, 15) is 8.42 Å². The lowest BCUT2D eigenvalue weighted by atomic mass is 10.1. The van der Waals surface area contributed by atoms with Crippen molar-refractivity contribution in [3.63, 3.8) is 0 Å². The number of piperidine rings is 1. The van der Waals surface area contributed by atoms with Crippen molar-refractivity contribution in [2.24, 2.45) is 0 Å². The van der Waals surface area contributed by atoms with Crippen LogP contribution in [0.5, 0.6) is 0 Å². The molecule has 1 aromatic rings. The van der Waals surface area contributed by atoms with Crippen LogP contribution in [0.3, 0.4) is 0 Å². The van der Waals surface area contributed by atoms with Gasteiger partial charge < -0.3 is 15.0 Å². The van der Waals surface area contributed by atoms with Crippen molar-refractivity contribution in [3.05, 3.63) is 18.0 Å². The molecule has 1 atom stereocenters. The van der Waals surface area contributed by atoms with Crippen LogP contribution in [-0.2, 0) is 21.3 Å². The fourth-order valence-electron chi connectivity index (χ4n) is 2.57. The first-order valence-corrected chi connectivity index (χ1v) is 9.01. The summed E-state index contributed by atoms with van der Waals surface area (Å²) in [5, 5.41) is 3.17. The zero-order chi connectivity index (χ0) is 15.3. The van der Waals surface area contributed by atoms with E-state index in [0.717, 1.165) is 25.1 Å². The minimum absolute atomic E-state index is 0.0127. The smallest absolute Gasteiger partial charge is 0.244 e. The molecule has 0 aromatic carbocycles. The third kappa shape index (κ3) is 4.06. The second kappa shape index (κ2) is 7.40.